The second kappa shape index (κ2) is 6.81. The summed E-state index contributed by atoms with van der Waals surface area (Å²) < 4.78 is 5.87. The van der Waals surface area contributed by atoms with Gasteiger partial charge in [0.05, 0.1) is 15.5 Å². The quantitative estimate of drug-likeness (QED) is 0.673. The van der Waals surface area contributed by atoms with Crippen LogP contribution in [0, 0.1) is 10.1 Å². The van der Waals surface area contributed by atoms with E-state index in [2.05, 4.69) is 21.2 Å². The molecule has 1 aromatic rings. The lowest BCUT2D eigenvalue weighted by Crippen LogP contribution is -2.35. The fourth-order valence-electron chi connectivity index (χ4n) is 2.07. The first-order chi connectivity index (χ1) is 9.58. The van der Waals surface area contributed by atoms with Crippen LogP contribution in [-0.4, -0.2) is 30.1 Å². The highest BCUT2D eigenvalue weighted by Crippen LogP contribution is 2.25. The minimum absolute atomic E-state index is 0.0399. The van der Waals surface area contributed by atoms with Gasteiger partial charge >= 0.3 is 0 Å². The molecule has 1 atom stereocenters. The Hall–Kier alpha value is -1.47. The Morgan fingerprint density at radius 2 is 2.30 bits per heavy atom. The highest BCUT2D eigenvalue weighted by molar-refractivity contribution is 9.10. The molecule has 108 valence electrons. The van der Waals surface area contributed by atoms with Crippen LogP contribution < -0.4 is 5.32 Å². The fraction of sp³-hybridized carbons (Fsp3) is 0.462. The molecule has 6 nitrogen and oxygen atoms in total. The standard InChI is InChI=1S/C13H15BrN2O4/c14-11-5-4-9(7-12(11)16(18)19)13(17)15-8-10-3-1-2-6-20-10/h4-5,7,10H,1-3,6,8H2,(H,15,17). The lowest BCUT2D eigenvalue weighted by Gasteiger charge is -2.22. The number of carbonyl (C=O) groups is 1. The molecule has 0 saturated carbocycles. The third kappa shape index (κ3) is 3.77. The minimum Gasteiger partial charge on any atom is -0.376 e. The Balaban J connectivity index is 1.98. The molecule has 1 unspecified atom stereocenters. The van der Waals surface area contributed by atoms with Gasteiger partial charge in [-0.05, 0) is 47.3 Å². The van der Waals surface area contributed by atoms with E-state index in [-0.39, 0.29) is 23.3 Å². The molecule has 1 amide bonds. The van der Waals surface area contributed by atoms with Crippen LogP contribution in [0.2, 0.25) is 0 Å². The van der Waals surface area contributed by atoms with Gasteiger partial charge in [-0.1, -0.05) is 0 Å². The molecule has 0 spiro atoms. The Bertz CT molecular complexity index is 515. The number of amides is 1. The van der Waals surface area contributed by atoms with Crippen LogP contribution in [0.1, 0.15) is 29.6 Å². The highest BCUT2D eigenvalue weighted by Gasteiger charge is 2.18. The van der Waals surface area contributed by atoms with E-state index < -0.39 is 4.92 Å². The Morgan fingerprint density at radius 1 is 1.50 bits per heavy atom. The van der Waals surface area contributed by atoms with E-state index in [1.165, 1.54) is 12.1 Å². The summed E-state index contributed by atoms with van der Waals surface area (Å²) in [7, 11) is 0. The van der Waals surface area contributed by atoms with Gasteiger partial charge in [0.25, 0.3) is 11.6 Å². The number of rotatable bonds is 4. The molecule has 7 heteroatoms. The summed E-state index contributed by atoms with van der Waals surface area (Å²) in [5.41, 5.74) is 0.155. The SMILES string of the molecule is O=C(NCC1CCCCO1)c1ccc(Br)c([N+](=O)[O-])c1. The van der Waals surface area contributed by atoms with Crippen molar-refractivity contribution < 1.29 is 14.5 Å². The van der Waals surface area contributed by atoms with Crippen molar-refractivity contribution in [2.24, 2.45) is 0 Å². The third-order valence-electron chi connectivity index (χ3n) is 3.17. The van der Waals surface area contributed by atoms with Crippen molar-refractivity contribution in [3.63, 3.8) is 0 Å². The number of halogens is 1. The zero-order valence-electron chi connectivity index (χ0n) is 10.8. The number of hydrogen-bond donors (Lipinski definition) is 1. The van der Waals surface area contributed by atoms with Crippen LogP contribution in [0.25, 0.3) is 0 Å². The lowest BCUT2D eigenvalue weighted by atomic mass is 10.1. The van der Waals surface area contributed by atoms with Crippen LogP contribution in [0.4, 0.5) is 5.69 Å². The van der Waals surface area contributed by atoms with Gasteiger partial charge in [-0.3, -0.25) is 14.9 Å². The van der Waals surface area contributed by atoms with Gasteiger partial charge in [0, 0.05) is 24.8 Å². The molecule has 0 aromatic heterocycles. The van der Waals surface area contributed by atoms with Crippen molar-refractivity contribution in [1.29, 1.82) is 0 Å². The maximum atomic E-state index is 12.0. The number of nitro groups is 1. The van der Waals surface area contributed by atoms with E-state index in [4.69, 9.17) is 4.74 Å². The molecule has 1 saturated heterocycles. The van der Waals surface area contributed by atoms with Crippen LogP contribution >= 0.6 is 15.9 Å². The fourth-order valence-corrected chi connectivity index (χ4v) is 2.46. The van der Waals surface area contributed by atoms with Crippen molar-refractivity contribution in [3.8, 4) is 0 Å². The molecular weight excluding hydrogens is 328 g/mol. The summed E-state index contributed by atoms with van der Waals surface area (Å²) in [6.45, 7) is 1.16. The van der Waals surface area contributed by atoms with Gasteiger partial charge in [-0.25, -0.2) is 0 Å². The van der Waals surface area contributed by atoms with Crippen LogP contribution in [0.5, 0.6) is 0 Å². The number of carbonyl (C=O) groups excluding carboxylic acids is 1. The van der Waals surface area contributed by atoms with E-state index in [0.29, 0.717) is 11.0 Å². The summed E-state index contributed by atoms with van der Waals surface area (Å²) in [4.78, 5) is 22.3. The normalized spacial score (nSPS) is 18.6. The monoisotopic (exact) mass is 342 g/mol. The average Bonchev–Trinajstić information content (AvgIpc) is 2.46. The Kier molecular flexibility index (Phi) is 5.08. The third-order valence-corrected chi connectivity index (χ3v) is 3.84. The summed E-state index contributed by atoms with van der Waals surface area (Å²) in [6.07, 6.45) is 3.13. The van der Waals surface area contributed by atoms with Gasteiger partial charge in [-0.2, -0.15) is 0 Å². The van der Waals surface area contributed by atoms with Crippen molar-refractivity contribution in [2.45, 2.75) is 25.4 Å². The molecule has 0 bridgehead atoms. The van der Waals surface area contributed by atoms with Gasteiger partial charge in [0.15, 0.2) is 0 Å². The van der Waals surface area contributed by atoms with Crippen molar-refractivity contribution in [2.75, 3.05) is 13.2 Å². The van der Waals surface area contributed by atoms with Gasteiger partial charge in [0.1, 0.15) is 0 Å². The van der Waals surface area contributed by atoms with Crippen molar-refractivity contribution in [3.05, 3.63) is 38.3 Å². The Morgan fingerprint density at radius 3 is 2.95 bits per heavy atom. The maximum absolute atomic E-state index is 12.0. The first kappa shape index (κ1) is 14.9. The first-order valence-electron chi connectivity index (χ1n) is 6.41. The summed E-state index contributed by atoms with van der Waals surface area (Å²) in [5, 5.41) is 13.6. The van der Waals surface area contributed by atoms with E-state index in [1.54, 1.807) is 6.07 Å². The minimum atomic E-state index is -0.523. The van der Waals surface area contributed by atoms with Crippen LogP contribution in [-0.2, 0) is 4.74 Å². The number of nitrogens with zero attached hydrogens (tertiary/aromatic N) is 1. The van der Waals surface area contributed by atoms with Gasteiger partial charge < -0.3 is 10.1 Å². The maximum Gasteiger partial charge on any atom is 0.284 e. The average molecular weight is 343 g/mol. The lowest BCUT2D eigenvalue weighted by molar-refractivity contribution is -0.385. The van der Waals surface area contributed by atoms with Crippen molar-refractivity contribution >= 4 is 27.5 Å². The number of benzene rings is 1. The first-order valence-corrected chi connectivity index (χ1v) is 7.21. The number of nitrogens with one attached hydrogen (secondary N) is 1. The molecule has 20 heavy (non-hydrogen) atoms. The topological polar surface area (TPSA) is 81.5 Å². The Labute approximate surface area is 124 Å². The molecule has 1 aliphatic heterocycles. The molecule has 2 rings (SSSR count). The molecule has 1 aromatic carbocycles. The van der Waals surface area contributed by atoms with Crippen LogP contribution in [0.3, 0.4) is 0 Å². The van der Waals surface area contributed by atoms with E-state index in [9.17, 15) is 14.9 Å². The van der Waals surface area contributed by atoms with Gasteiger partial charge in [0.2, 0.25) is 0 Å². The molecule has 0 radical (unpaired) electrons. The molecule has 1 heterocycles. The second-order valence-electron chi connectivity index (χ2n) is 4.62. The van der Waals surface area contributed by atoms with Gasteiger partial charge in [-0.15, -0.1) is 0 Å². The predicted octanol–water partition coefficient (Wildman–Crippen LogP) is 2.66. The summed E-state index contributed by atoms with van der Waals surface area (Å²) in [5.74, 6) is -0.324. The molecular formula is C13H15BrN2O4. The molecule has 0 aliphatic carbocycles. The van der Waals surface area contributed by atoms with E-state index in [1.807, 2.05) is 0 Å². The zero-order valence-corrected chi connectivity index (χ0v) is 12.4. The molecule has 1 N–H and O–H groups in total. The predicted molar refractivity (Wildman–Crippen MR) is 76.7 cm³/mol. The molecule has 1 aliphatic rings. The second-order valence-corrected chi connectivity index (χ2v) is 5.48. The number of hydrogen-bond acceptors (Lipinski definition) is 4. The van der Waals surface area contributed by atoms with Crippen molar-refractivity contribution in [1.82, 2.24) is 5.32 Å². The van der Waals surface area contributed by atoms with E-state index >= 15 is 0 Å². The zero-order chi connectivity index (χ0) is 14.5. The highest BCUT2D eigenvalue weighted by atomic mass is 79.9. The molecule has 1 fully saturated rings. The smallest absolute Gasteiger partial charge is 0.284 e. The van der Waals surface area contributed by atoms with Crippen LogP contribution in [0.15, 0.2) is 22.7 Å². The van der Waals surface area contributed by atoms with E-state index in [0.717, 1.165) is 25.9 Å². The number of ether oxygens (including phenoxy) is 1. The summed E-state index contributed by atoms with van der Waals surface area (Å²) >= 11 is 3.09. The summed E-state index contributed by atoms with van der Waals surface area (Å²) in [6, 6.07) is 4.32. The number of nitro benzene ring substituents is 1. The largest absolute Gasteiger partial charge is 0.376 e.